The molecule has 1 aliphatic rings. The number of aliphatic carboxylic acids is 1. The molecular formula is C14H22ClN3O2. The molecule has 2 rings (SSSR count). The van der Waals surface area contributed by atoms with Gasteiger partial charge < -0.3 is 5.11 Å². The Morgan fingerprint density at radius 1 is 1.45 bits per heavy atom. The third-order valence-corrected chi connectivity index (χ3v) is 4.60. The number of carboxylic acids is 1. The first kappa shape index (κ1) is 15.3. The molecule has 0 saturated carbocycles. The van der Waals surface area contributed by atoms with Gasteiger partial charge in [-0.2, -0.15) is 5.10 Å². The zero-order chi connectivity index (χ0) is 14.7. The van der Waals surface area contributed by atoms with Crippen LogP contribution in [0.1, 0.15) is 37.1 Å². The minimum atomic E-state index is -0.690. The Bertz CT molecular complexity index is 479. The molecule has 1 aromatic heterocycles. The lowest BCUT2D eigenvalue weighted by molar-refractivity contribution is -0.137. The fourth-order valence-electron chi connectivity index (χ4n) is 2.82. The second-order valence-electron chi connectivity index (χ2n) is 5.62. The molecule has 0 spiro atoms. The summed E-state index contributed by atoms with van der Waals surface area (Å²) < 4.78 is 1.86. The van der Waals surface area contributed by atoms with E-state index < -0.39 is 5.97 Å². The molecule has 0 aromatic carbocycles. The van der Waals surface area contributed by atoms with Crippen LogP contribution in [-0.4, -0.2) is 38.8 Å². The molecule has 1 fully saturated rings. The summed E-state index contributed by atoms with van der Waals surface area (Å²) in [5.41, 5.74) is 1.94. The number of aryl methyl sites for hydroxylation is 2. The fourth-order valence-corrected chi connectivity index (χ4v) is 3.04. The highest BCUT2D eigenvalue weighted by Gasteiger charge is 2.22. The number of carbonyl (C=O) groups is 1. The highest BCUT2D eigenvalue weighted by Crippen LogP contribution is 2.25. The molecule has 20 heavy (non-hydrogen) atoms. The zero-order valence-corrected chi connectivity index (χ0v) is 12.9. The van der Waals surface area contributed by atoms with Crippen molar-refractivity contribution in [3.63, 3.8) is 0 Å². The molecule has 0 aliphatic carbocycles. The van der Waals surface area contributed by atoms with E-state index in [4.69, 9.17) is 16.7 Å². The quantitative estimate of drug-likeness (QED) is 0.907. The van der Waals surface area contributed by atoms with Gasteiger partial charge in [-0.25, -0.2) is 0 Å². The predicted molar refractivity (Wildman–Crippen MR) is 77.8 cm³/mol. The third-order valence-electron chi connectivity index (χ3n) is 4.11. The van der Waals surface area contributed by atoms with Crippen LogP contribution in [-0.2, 0) is 18.4 Å². The Labute approximate surface area is 124 Å². The zero-order valence-electron chi connectivity index (χ0n) is 12.1. The molecule has 6 heteroatoms. The van der Waals surface area contributed by atoms with Crippen LogP contribution in [0.4, 0.5) is 0 Å². The van der Waals surface area contributed by atoms with Gasteiger partial charge in [-0.3, -0.25) is 14.4 Å². The van der Waals surface area contributed by atoms with Gasteiger partial charge in [0.2, 0.25) is 0 Å². The molecule has 2 heterocycles. The monoisotopic (exact) mass is 299 g/mol. The maximum absolute atomic E-state index is 10.6. The lowest BCUT2D eigenvalue weighted by Crippen LogP contribution is -2.34. The summed E-state index contributed by atoms with van der Waals surface area (Å²) in [7, 11) is 1.92. The maximum atomic E-state index is 10.6. The minimum Gasteiger partial charge on any atom is -0.481 e. The SMILES string of the molecule is Cc1nn(C)c(CN2CCC(CCC(=O)O)CC2)c1Cl. The van der Waals surface area contributed by atoms with Crippen LogP contribution < -0.4 is 0 Å². The molecule has 0 unspecified atom stereocenters. The maximum Gasteiger partial charge on any atom is 0.303 e. The van der Waals surface area contributed by atoms with Gasteiger partial charge in [-0.05, 0) is 45.2 Å². The second kappa shape index (κ2) is 6.59. The fraction of sp³-hybridized carbons (Fsp3) is 0.714. The van der Waals surface area contributed by atoms with Crippen LogP contribution in [0, 0.1) is 12.8 Å². The van der Waals surface area contributed by atoms with Crippen molar-refractivity contribution in [2.75, 3.05) is 13.1 Å². The van der Waals surface area contributed by atoms with Gasteiger partial charge in [0.05, 0.1) is 16.4 Å². The number of aromatic nitrogens is 2. The third kappa shape index (κ3) is 3.73. The van der Waals surface area contributed by atoms with Crippen molar-refractivity contribution in [2.24, 2.45) is 13.0 Å². The Hall–Kier alpha value is -1.07. The van der Waals surface area contributed by atoms with E-state index in [0.29, 0.717) is 5.92 Å². The molecule has 0 radical (unpaired) electrons. The van der Waals surface area contributed by atoms with Crippen molar-refractivity contribution >= 4 is 17.6 Å². The van der Waals surface area contributed by atoms with Crippen LogP contribution >= 0.6 is 11.6 Å². The van der Waals surface area contributed by atoms with Crippen molar-refractivity contribution in [1.82, 2.24) is 14.7 Å². The van der Waals surface area contributed by atoms with Crippen molar-refractivity contribution in [1.29, 1.82) is 0 Å². The van der Waals surface area contributed by atoms with Crippen LogP contribution in [0.15, 0.2) is 0 Å². The molecule has 0 bridgehead atoms. The van der Waals surface area contributed by atoms with E-state index in [1.165, 1.54) is 0 Å². The van der Waals surface area contributed by atoms with E-state index in [1.54, 1.807) is 0 Å². The van der Waals surface area contributed by atoms with Gasteiger partial charge in [0.25, 0.3) is 0 Å². The molecule has 0 amide bonds. The number of nitrogens with zero attached hydrogens (tertiary/aromatic N) is 3. The predicted octanol–water partition coefficient (Wildman–Crippen LogP) is 2.46. The largest absolute Gasteiger partial charge is 0.481 e. The number of piperidine rings is 1. The number of hydrogen-bond acceptors (Lipinski definition) is 3. The smallest absolute Gasteiger partial charge is 0.303 e. The average molecular weight is 300 g/mol. The molecule has 1 saturated heterocycles. The van der Waals surface area contributed by atoms with E-state index in [-0.39, 0.29) is 6.42 Å². The van der Waals surface area contributed by atoms with Crippen LogP contribution in [0.5, 0.6) is 0 Å². The van der Waals surface area contributed by atoms with Gasteiger partial charge in [0.1, 0.15) is 0 Å². The van der Waals surface area contributed by atoms with E-state index in [1.807, 2.05) is 18.7 Å². The van der Waals surface area contributed by atoms with Gasteiger partial charge in [0, 0.05) is 20.0 Å². The number of rotatable bonds is 5. The standard InChI is InChI=1S/C14H22ClN3O2/c1-10-14(15)12(17(2)16-10)9-18-7-5-11(6-8-18)3-4-13(19)20/h11H,3-9H2,1-2H3,(H,19,20). The summed E-state index contributed by atoms with van der Waals surface area (Å²) >= 11 is 6.27. The molecule has 112 valence electrons. The lowest BCUT2D eigenvalue weighted by atomic mass is 9.92. The van der Waals surface area contributed by atoms with Crippen LogP contribution in [0.3, 0.4) is 0 Å². The molecule has 1 aliphatic heterocycles. The van der Waals surface area contributed by atoms with E-state index >= 15 is 0 Å². The molecule has 5 nitrogen and oxygen atoms in total. The topological polar surface area (TPSA) is 58.4 Å². The van der Waals surface area contributed by atoms with Gasteiger partial charge in [0.15, 0.2) is 0 Å². The molecule has 1 N–H and O–H groups in total. The van der Waals surface area contributed by atoms with Crippen molar-refractivity contribution in [3.8, 4) is 0 Å². The van der Waals surface area contributed by atoms with Crippen molar-refractivity contribution < 1.29 is 9.90 Å². The first-order chi connectivity index (χ1) is 9.47. The van der Waals surface area contributed by atoms with Crippen molar-refractivity contribution in [2.45, 2.75) is 39.2 Å². The van der Waals surface area contributed by atoms with Gasteiger partial charge in [-0.1, -0.05) is 11.6 Å². The Morgan fingerprint density at radius 2 is 2.10 bits per heavy atom. The van der Waals surface area contributed by atoms with Crippen LogP contribution in [0.25, 0.3) is 0 Å². The Kier molecular flexibility index (Phi) is 5.05. The van der Waals surface area contributed by atoms with Crippen LogP contribution in [0.2, 0.25) is 5.02 Å². The highest BCUT2D eigenvalue weighted by molar-refractivity contribution is 6.31. The minimum absolute atomic E-state index is 0.289. The Balaban J connectivity index is 1.84. The van der Waals surface area contributed by atoms with Crippen molar-refractivity contribution in [3.05, 3.63) is 16.4 Å². The summed E-state index contributed by atoms with van der Waals surface area (Å²) in [5.74, 6) is -0.143. The molecule has 0 atom stereocenters. The second-order valence-corrected chi connectivity index (χ2v) is 6.00. The normalized spacial score (nSPS) is 17.6. The summed E-state index contributed by atoms with van der Waals surface area (Å²) in [6, 6.07) is 0. The highest BCUT2D eigenvalue weighted by atomic mass is 35.5. The Morgan fingerprint density at radius 3 is 2.60 bits per heavy atom. The molecule has 1 aromatic rings. The van der Waals surface area contributed by atoms with E-state index in [2.05, 4.69) is 10.00 Å². The van der Waals surface area contributed by atoms with E-state index in [9.17, 15) is 4.79 Å². The summed E-state index contributed by atoms with van der Waals surface area (Å²) in [6.45, 7) is 4.75. The van der Waals surface area contributed by atoms with Gasteiger partial charge in [-0.15, -0.1) is 0 Å². The average Bonchev–Trinajstić information content (AvgIpc) is 2.64. The van der Waals surface area contributed by atoms with E-state index in [0.717, 1.165) is 55.3 Å². The first-order valence-corrected chi connectivity index (χ1v) is 7.47. The first-order valence-electron chi connectivity index (χ1n) is 7.09. The van der Waals surface area contributed by atoms with Gasteiger partial charge >= 0.3 is 5.97 Å². The summed E-state index contributed by atoms with van der Waals surface area (Å²) in [6.07, 6.45) is 3.23. The summed E-state index contributed by atoms with van der Waals surface area (Å²) in [5, 5.41) is 13.8. The summed E-state index contributed by atoms with van der Waals surface area (Å²) in [4.78, 5) is 13.0. The number of carboxylic acid groups (broad SMARTS) is 1. The lowest BCUT2D eigenvalue weighted by Gasteiger charge is -2.31. The number of hydrogen-bond donors (Lipinski definition) is 1. The number of halogens is 1. The number of likely N-dealkylation sites (tertiary alicyclic amines) is 1. The molecular weight excluding hydrogens is 278 g/mol.